The van der Waals surface area contributed by atoms with Crippen molar-refractivity contribution in [1.29, 1.82) is 0 Å². The highest BCUT2D eigenvalue weighted by molar-refractivity contribution is 5.73. The number of anilines is 2. The molecule has 2 aliphatic heterocycles. The summed E-state index contributed by atoms with van der Waals surface area (Å²) in [5, 5.41) is 0. The first-order valence-electron chi connectivity index (χ1n) is 9.44. The Kier molecular flexibility index (Phi) is 4.22. The lowest BCUT2D eigenvalue weighted by Gasteiger charge is -2.29. The fourth-order valence-electron chi connectivity index (χ4n) is 3.95. The molecule has 0 radical (unpaired) electrons. The van der Waals surface area contributed by atoms with Crippen LogP contribution in [0.5, 0.6) is 0 Å². The first-order chi connectivity index (χ1) is 13.4. The van der Waals surface area contributed by atoms with Crippen molar-refractivity contribution in [3.63, 3.8) is 0 Å². The van der Waals surface area contributed by atoms with Crippen LogP contribution >= 0.6 is 0 Å². The van der Waals surface area contributed by atoms with Gasteiger partial charge in [0, 0.05) is 32.2 Å². The molecule has 27 heavy (non-hydrogen) atoms. The fraction of sp³-hybridized carbons (Fsp3) is 0.273. The Morgan fingerprint density at radius 1 is 0.704 bits per heavy atom. The molecule has 1 fully saturated rings. The predicted octanol–water partition coefficient (Wildman–Crippen LogP) is 3.50. The third-order valence-corrected chi connectivity index (χ3v) is 5.34. The van der Waals surface area contributed by atoms with Gasteiger partial charge in [-0.1, -0.05) is 48.5 Å². The van der Waals surface area contributed by atoms with E-state index < -0.39 is 0 Å². The number of hydrogen-bond donors (Lipinski definition) is 0. The van der Waals surface area contributed by atoms with Gasteiger partial charge in [0.2, 0.25) is 0 Å². The van der Waals surface area contributed by atoms with E-state index in [1.54, 1.807) is 6.33 Å². The summed E-state index contributed by atoms with van der Waals surface area (Å²) in [6, 6.07) is 19.5. The van der Waals surface area contributed by atoms with Gasteiger partial charge in [0.15, 0.2) is 0 Å². The maximum atomic E-state index is 5.47. The second-order valence-electron chi connectivity index (χ2n) is 7.00. The van der Waals surface area contributed by atoms with Gasteiger partial charge in [-0.15, -0.1) is 0 Å². The van der Waals surface area contributed by atoms with Crippen LogP contribution in [0.15, 0.2) is 60.9 Å². The quantitative estimate of drug-likeness (QED) is 0.701. The molecule has 0 N–H and O–H groups in total. The van der Waals surface area contributed by atoms with E-state index in [1.807, 2.05) is 0 Å². The van der Waals surface area contributed by atoms with Crippen molar-refractivity contribution in [2.75, 3.05) is 36.1 Å². The topological polar surface area (TPSA) is 41.5 Å². The van der Waals surface area contributed by atoms with Crippen molar-refractivity contribution in [2.45, 2.75) is 13.1 Å². The molecule has 0 spiro atoms. The van der Waals surface area contributed by atoms with E-state index >= 15 is 0 Å². The number of rotatable bonds is 2. The standard InChI is InChI=1S/C22H22N4O/c1-3-7-19-17(5-1)14-26(15-18-6-2-4-8-20(18)19)22-13-21(23-16-24-22)25-9-11-27-12-10-25/h1-8,13,16H,9-12,14-15H2. The number of nitrogens with zero attached hydrogens (tertiary/aromatic N) is 4. The molecule has 0 aliphatic carbocycles. The van der Waals surface area contributed by atoms with Gasteiger partial charge >= 0.3 is 0 Å². The minimum atomic E-state index is 0.754. The third kappa shape index (κ3) is 3.15. The molecule has 2 aliphatic rings. The Balaban J connectivity index is 1.53. The van der Waals surface area contributed by atoms with E-state index in [2.05, 4.69) is 74.4 Å². The molecule has 2 aromatic carbocycles. The molecular formula is C22H22N4O. The lowest BCUT2D eigenvalue weighted by molar-refractivity contribution is 0.122. The van der Waals surface area contributed by atoms with Crippen LogP contribution in [0.4, 0.5) is 11.6 Å². The monoisotopic (exact) mass is 358 g/mol. The predicted molar refractivity (Wildman–Crippen MR) is 107 cm³/mol. The molecule has 0 amide bonds. The molecule has 0 saturated carbocycles. The van der Waals surface area contributed by atoms with Crippen molar-refractivity contribution < 1.29 is 4.74 Å². The molecule has 3 aromatic rings. The number of fused-ring (bicyclic) bond motifs is 3. The van der Waals surface area contributed by atoms with E-state index in [9.17, 15) is 0 Å². The Bertz CT molecular complexity index is 905. The Morgan fingerprint density at radius 3 is 1.89 bits per heavy atom. The van der Waals surface area contributed by atoms with Gasteiger partial charge in [0.1, 0.15) is 18.0 Å². The van der Waals surface area contributed by atoms with E-state index in [1.165, 1.54) is 22.3 Å². The summed E-state index contributed by atoms with van der Waals surface area (Å²) in [5.74, 6) is 1.95. The average molecular weight is 358 g/mol. The summed E-state index contributed by atoms with van der Waals surface area (Å²) in [7, 11) is 0. The summed E-state index contributed by atoms with van der Waals surface area (Å²) in [6.07, 6.45) is 1.68. The van der Waals surface area contributed by atoms with Crippen LogP contribution < -0.4 is 9.80 Å². The molecule has 3 heterocycles. The summed E-state index contributed by atoms with van der Waals surface area (Å²) in [5.41, 5.74) is 5.29. The van der Waals surface area contributed by atoms with Crippen molar-refractivity contribution in [1.82, 2.24) is 9.97 Å². The summed E-state index contributed by atoms with van der Waals surface area (Å²) < 4.78 is 5.47. The number of ether oxygens (including phenoxy) is 1. The molecule has 1 saturated heterocycles. The van der Waals surface area contributed by atoms with Crippen LogP contribution in [0.1, 0.15) is 11.1 Å². The Labute approximate surface area is 159 Å². The van der Waals surface area contributed by atoms with Gasteiger partial charge in [-0.2, -0.15) is 0 Å². The van der Waals surface area contributed by atoms with Gasteiger partial charge in [0.05, 0.1) is 13.2 Å². The van der Waals surface area contributed by atoms with Gasteiger partial charge in [-0.05, 0) is 22.3 Å². The van der Waals surface area contributed by atoms with Crippen LogP contribution in [-0.2, 0) is 17.8 Å². The zero-order chi connectivity index (χ0) is 18.1. The van der Waals surface area contributed by atoms with Crippen molar-refractivity contribution in [2.24, 2.45) is 0 Å². The van der Waals surface area contributed by atoms with Gasteiger partial charge < -0.3 is 14.5 Å². The van der Waals surface area contributed by atoms with Crippen LogP contribution in [0.25, 0.3) is 11.1 Å². The largest absolute Gasteiger partial charge is 0.378 e. The first kappa shape index (κ1) is 16.3. The molecule has 136 valence electrons. The SMILES string of the molecule is c1ccc2c(c1)CN(c1cc(N3CCOCC3)ncn1)Cc1ccccc1-2. The Hall–Kier alpha value is -2.92. The van der Waals surface area contributed by atoms with Crippen LogP contribution in [0, 0.1) is 0 Å². The molecule has 1 aromatic heterocycles. The fourth-order valence-corrected chi connectivity index (χ4v) is 3.95. The number of morpholine rings is 1. The molecule has 5 nitrogen and oxygen atoms in total. The van der Waals surface area contributed by atoms with Crippen LogP contribution in [-0.4, -0.2) is 36.3 Å². The molecular weight excluding hydrogens is 336 g/mol. The second kappa shape index (κ2) is 7.00. The van der Waals surface area contributed by atoms with Crippen molar-refractivity contribution in [3.8, 4) is 11.1 Å². The lowest BCUT2D eigenvalue weighted by atomic mass is 9.97. The van der Waals surface area contributed by atoms with E-state index in [-0.39, 0.29) is 0 Å². The minimum Gasteiger partial charge on any atom is -0.378 e. The molecule has 0 atom stereocenters. The zero-order valence-electron chi connectivity index (χ0n) is 15.2. The first-order valence-corrected chi connectivity index (χ1v) is 9.44. The molecule has 5 rings (SSSR count). The highest BCUT2D eigenvalue weighted by Gasteiger charge is 2.21. The maximum Gasteiger partial charge on any atom is 0.134 e. The number of benzene rings is 2. The number of aromatic nitrogens is 2. The molecule has 0 bridgehead atoms. The van der Waals surface area contributed by atoms with Gasteiger partial charge in [-0.3, -0.25) is 0 Å². The van der Waals surface area contributed by atoms with Crippen LogP contribution in [0.3, 0.4) is 0 Å². The van der Waals surface area contributed by atoms with Crippen molar-refractivity contribution in [3.05, 3.63) is 72.1 Å². The maximum absolute atomic E-state index is 5.47. The average Bonchev–Trinajstić information content (AvgIpc) is 2.91. The highest BCUT2D eigenvalue weighted by atomic mass is 16.5. The summed E-state index contributed by atoms with van der Waals surface area (Å²) in [6.45, 7) is 4.94. The zero-order valence-corrected chi connectivity index (χ0v) is 15.2. The summed E-state index contributed by atoms with van der Waals surface area (Å²) in [4.78, 5) is 13.7. The lowest BCUT2D eigenvalue weighted by Crippen LogP contribution is -2.37. The normalized spacial score (nSPS) is 16.4. The van der Waals surface area contributed by atoms with E-state index in [0.717, 1.165) is 51.0 Å². The van der Waals surface area contributed by atoms with E-state index in [4.69, 9.17) is 4.74 Å². The molecule has 5 heteroatoms. The van der Waals surface area contributed by atoms with E-state index in [0.29, 0.717) is 0 Å². The van der Waals surface area contributed by atoms with Crippen molar-refractivity contribution >= 4 is 11.6 Å². The van der Waals surface area contributed by atoms with Gasteiger partial charge in [0.25, 0.3) is 0 Å². The third-order valence-electron chi connectivity index (χ3n) is 5.34. The smallest absolute Gasteiger partial charge is 0.134 e. The number of hydrogen-bond acceptors (Lipinski definition) is 5. The second-order valence-corrected chi connectivity index (χ2v) is 7.00. The summed E-state index contributed by atoms with van der Waals surface area (Å²) >= 11 is 0. The minimum absolute atomic E-state index is 0.754. The van der Waals surface area contributed by atoms with Gasteiger partial charge in [-0.25, -0.2) is 9.97 Å². The highest BCUT2D eigenvalue weighted by Crippen LogP contribution is 2.34. The van der Waals surface area contributed by atoms with Crippen LogP contribution in [0.2, 0.25) is 0 Å². The molecule has 0 unspecified atom stereocenters. The Morgan fingerprint density at radius 2 is 1.26 bits per heavy atom.